The van der Waals surface area contributed by atoms with Gasteiger partial charge < -0.3 is 15.2 Å². The molecule has 0 aliphatic carbocycles. The number of hydrogen-bond donors (Lipinski definition) is 3. The summed E-state index contributed by atoms with van der Waals surface area (Å²) in [6, 6.07) is 1.19. The molecule has 0 aliphatic rings. The van der Waals surface area contributed by atoms with Crippen LogP contribution in [0.3, 0.4) is 0 Å². The van der Waals surface area contributed by atoms with Crippen molar-refractivity contribution < 1.29 is 19.4 Å². The first-order valence-electron chi connectivity index (χ1n) is 7.66. The number of carboxylic acids is 1. The molecule has 0 saturated heterocycles. The molecule has 1 atom stereocenters. The molecule has 130 valence electrons. The van der Waals surface area contributed by atoms with Crippen molar-refractivity contribution >= 4 is 17.5 Å². The monoisotopic (exact) mass is 336 g/mol. The van der Waals surface area contributed by atoms with Crippen LogP contribution in [0, 0.1) is 5.92 Å². The molecule has 2 aromatic rings. The van der Waals surface area contributed by atoms with Crippen LogP contribution in [0.2, 0.25) is 0 Å². The quantitative estimate of drug-likeness (QED) is 0.650. The summed E-state index contributed by atoms with van der Waals surface area (Å²) in [6.07, 6.45) is 3.19. The van der Waals surface area contributed by atoms with Gasteiger partial charge in [0.25, 0.3) is 5.91 Å². The van der Waals surface area contributed by atoms with Gasteiger partial charge in [-0.1, -0.05) is 20.3 Å². The molecule has 0 fully saturated rings. The lowest BCUT2D eigenvalue weighted by Gasteiger charge is -2.12. The first kappa shape index (κ1) is 17.5. The molecule has 0 saturated carbocycles. The molecule has 9 heteroatoms. The van der Waals surface area contributed by atoms with Crippen molar-refractivity contribution in [1.29, 1.82) is 0 Å². The maximum absolute atomic E-state index is 12.2. The number of nitrogens with zero attached hydrogens (tertiary/aromatic N) is 2. The summed E-state index contributed by atoms with van der Waals surface area (Å²) >= 11 is 0. The third-order valence-electron chi connectivity index (χ3n) is 3.72. The second kappa shape index (κ2) is 7.62. The number of nitrogens with one attached hydrogen (secondary N) is 2. The first-order chi connectivity index (χ1) is 11.4. The number of hydrogen-bond acceptors (Lipinski definition) is 5. The second-order valence-corrected chi connectivity index (χ2v) is 5.50. The first-order valence-corrected chi connectivity index (χ1v) is 7.66. The molecule has 24 heavy (non-hydrogen) atoms. The number of aliphatic carboxylic acids is 1. The van der Waals surface area contributed by atoms with Crippen LogP contribution in [0.5, 0.6) is 5.88 Å². The summed E-state index contributed by atoms with van der Waals surface area (Å²) in [5, 5.41) is 13.6. The van der Waals surface area contributed by atoms with Gasteiger partial charge in [0.15, 0.2) is 5.65 Å². The maximum Gasteiger partial charge on any atom is 0.322 e. The third kappa shape index (κ3) is 3.92. The fraction of sp³-hybridized carbons (Fsp3) is 0.467. The van der Waals surface area contributed by atoms with E-state index in [-0.39, 0.29) is 17.1 Å². The molecule has 0 radical (unpaired) electrons. The Hall–Kier alpha value is -2.84. The Morgan fingerprint density at radius 2 is 2.25 bits per heavy atom. The van der Waals surface area contributed by atoms with Crippen LogP contribution in [0.25, 0.3) is 5.65 Å². The number of carbonyl (C=O) groups is 2. The number of rotatable bonds is 8. The Labute approximate surface area is 137 Å². The van der Waals surface area contributed by atoms with Gasteiger partial charge in [-0.3, -0.25) is 19.5 Å². The molecule has 2 aromatic heterocycles. The van der Waals surface area contributed by atoms with E-state index in [1.807, 2.05) is 0 Å². The summed E-state index contributed by atoms with van der Waals surface area (Å²) in [6.45, 7) is 4.05. The average Bonchev–Trinajstić information content (AvgIpc) is 3.01. The highest BCUT2D eigenvalue weighted by Gasteiger charge is 2.20. The van der Waals surface area contributed by atoms with E-state index < -0.39 is 23.9 Å². The van der Waals surface area contributed by atoms with Crippen LogP contribution >= 0.6 is 0 Å². The van der Waals surface area contributed by atoms with Crippen LogP contribution in [-0.2, 0) is 4.79 Å². The Morgan fingerprint density at radius 3 is 2.92 bits per heavy atom. The standard InChI is InChI=1S/C15H20N4O5/c1-3-9(2)4-5-24-11-6-10(20)13(14-17-8-18-19(11)14)15(23)16-7-12(21)22/h6,8-9H,3-5,7H2,1-2H3,(H,16,23)(H,17,18)(H,21,22). The molecule has 1 unspecified atom stereocenters. The molecule has 0 spiro atoms. The predicted octanol–water partition coefficient (Wildman–Crippen LogP) is 0.652. The van der Waals surface area contributed by atoms with Crippen molar-refractivity contribution in [3.8, 4) is 5.88 Å². The minimum atomic E-state index is -1.20. The molecule has 2 rings (SSSR count). The minimum Gasteiger partial charge on any atom is -0.480 e. The van der Waals surface area contributed by atoms with E-state index in [0.717, 1.165) is 12.8 Å². The number of pyridine rings is 1. The van der Waals surface area contributed by atoms with Crippen LogP contribution < -0.4 is 15.5 Å². The van der Waals surface area contributed by atoms with Gasteiger partial charge >= 0.3 is 5.97 Å². The zero-order valence-corrected chi connectivity index (χ0v) is 13.5. The lowest BCUT2D eigenvalue weighted by Crippen LogP contribution is -2.33. The van der Waals surface area contributed by atoms with Crippen LogP contribution in [-0.4, -0.2) is 44.7 Å². The highest BCUT2D eigenvalue weighted by molar-refractivity contribution is 6.00. The van der Waals surface area contributed by atoms with Crippen molar-refractivity contribution in [2.24, 2.45) is 5.92 Å². The summed E-state index contributed by atoms with van der Waals surface area (Å²) in [4.78, 5) is 38.8. The van der Waals surface area contributed by atoms with Crippen molar-refractivity contribution in [2.45, 2.75) is 26.7 Å². The Morgan fingerprint density at radius 1 is 1.50 bits per heavy atom. The van der Waals surface area contributed by atoms with Crippen LogP contribution in [0.15, 0.2) is 17.2 Å². The summed E-state index contributed by atoms with van der Waals surface area (Å²) in [5.74, 6) is -1.24. The van der Waals surface area contributed by atoms with Gasteiger partial charge in [0.05, 0.1) is 6.61 Å². The maximum atomic E-state index is 12.2. The summed E-state index contributed by atoms with van der Waals surface area (Å²) in [5.41, 5.74) is -0.723. The van der Waals surface area contributed by atoms with E-state index in [1.165, 1.54) is 16.9 Å². The molecule has 0 aliphatic heterocycles. The van der Waals surface area contributed by atoms with Gasteiger partial charge in [0.2, 0.25) is 11.3 Å². The van der Waals surface area contributed by atoms with Gasteiger partial charge in [-0.15, -0.1) is 0 Å². The van der Waals surface area contributed by atoms with Gasteiger partial charge in [-0.05, 0) is 12.3 Å². The number of H-pyrrole nitrogens is 1. The van der Waals surface area contributed by atoms with E-state index in [0.29, 0.717) is 12.5 Å². The molecule has 3 N–H and O–H groups in total. The fourth-order valence-electron chi connectivity index (χ4n) is 2.10. The Kier molecular flexibility index (Phi) is 5.56. The van der Waals surface area contributed by atoms with Crippen LogP contribution in [0.4, 0.5) is 0 Å². The highest BCUT2D eigenvalue weighted by atomic mass is 16.5. The van der Waals surface area contributed by atoms with Gasteiger partial charge in [-0.25, -0.2) is 9.50 Å². The van der Waals surface area contributed by atoms with Crippen molar-refractivity contribution in [1.82, 2.24) is 19.9 Å². The number of aromatic amines is 1. The van der Waals surface area contributed by atoms with Gasteiger partial charge in [-0.2, -0.15) is 0 Å². The van der Waals surface area contributed by atoms with E-state index in [1.54, 1.807) is 0 Å². The number of aromatic nitrogens is 3. The minimum absolute atomic E-state index is 0.0870. The third-order valence-corrected chi connectivity index (χ3v) is 3.72. The molecule has 9 nitrogen and oxygen atoms in total. The van der Waals surface area contributed by atoms with E-state index in [9.17, 15) is 14.4 Å². The van der Waals surface area contributed by atoms with Gasteiger partial charge in [0.1, 0.15) is 18.4 Å². The second-order valence-electron chi connectivity index (χ2n) is 5.50. The van der Waals surface area contributed by atoms with E-state index >= 15 is 0 Å². The topological polar surface area (TPSA) is 126 Å². The van der Waals surface area contributed by atoms with Gasteiger partial charge in [0, 0.05) is 6.07 Å². The molecular formula is C15H20N4O5. The zero-order valence-electron chi connectivity index (χ0n) is 13.5. The Balaban J connectivity index is 2.27. The number of ether oxygens (including phenoxy) is 1. The number of carboxylic acid groups (broad SMARTS) is 1. The highest BCUT2D eigenvalue weighted by Crippen LogP contribution is 2.14. The van der Waals surface area contributed by atoms with E-state index in [4.69, 9.17) is 9.84 Å². The average molecular weight is 336 g/mol. The molecule has 0 aromatic carbocycles. The molecule has 0 bridgehead atoms. The van der Waals surface area contributed by atoms with E-state index in [2.05, 4.69) is 29.2 Å². The zero-order chi connectivity index (χ0) is 17.7. The van der Waals surface area contributed by atoms with Crippen LogP contribution in [0.1, 0.15) is 37.0 Å². The van der Waals surface area contributed by atoms with Crippen molar-refractivity contribution in [3.05, 3.63) is 28.2 Å². The predicted molar refractivity (Wildman–Crippen MR) is 85.3 cm³/mol. The normalized spacial score (nSPS) is 12.1. The Bertz CT molecular complexity index is 795. The lowest BCUT2D eigenvalue weighted by atomic mass is 10.1. The smallest absolute Gasteiger partial charge is 0.322 e. The largest absolute Gasteiger partial charge is 0.480 e. The summed E-state index contributed by atoms with van der Waals surface area (Å²) < 4.78 is 7.01. The lowest BCUT2D eigenvalue weighted by molar-refractivity contribution is -0.135. The summed E-state index contributed by atoms with van der Waals surface area (Å²) in [7, 11) is 0. The van der Waals surface area contributed by atoms with Crippen molar-refractivity contribution in [3.63, 3.8) is 0 Å². The number of fused-ring (bicyclic) bond motifs is 1. The SMILES string of the molecule is CCC(C)CCOc1cc(=O)c(C(=O)NCC(=O)O)c2nc[nH]n12. The number of amides is 1. The fourth-order valence-corrected chi connectivity index (χ4v) is 2.10. The molecular weight excluding hydrogens is 316 g/mol. The molecule has 1 amide bonds. The molecule has 2 heterocycles. The van der Waals surface area contributed by atoms with Crippen molar-refractivity contribution in [2.75, 3.05) is 13.2 Å². The number of carbonyl (C=O) groups excluding carboxylic acids is 1.